The standard InChI is InChI=1S/C22H26ClFN2O2/c1-15-11-19(24)6-7-20(15)25-22(28)9-4-16-3-2-10-26(13-16)14-17-12-18(23)5-8-21(17)27/h5-8,11-12,16,27H,2-4,9-10,13-14H2,1H3,(H,25,28)/t16-/m1/s1. The van der Waals surface area contributed by atoms with Crippen LogP contribution in [0.15, 0.2) is 36.4 Å². The van der Waals surface area contributed by atoms with Gasteiger partial charge in [0, 0.05) is 35.8 Å². The Morgan fingerprint density at radius 2 is 2.14 bits per heavy atom. The highest BCUT2D eigenvalue weighted by Crippen LogP contribution is 2.27. The van der Waals surface area contributed by atoms with Crippen molar-refractivity contribution in [1.82, 2.24) is 4.90 Å². The topological polar surface area (TPSA) is 52.6 Å². The van der Waals surface area contributed by atoms with Gasteiger partial charge in [-0.2, -0.15) is 0 Å². The molecule has 2 aromatic rings. The Labute approximate surface area is 170 Å². The van der Waals surface area contributed by atoms with Gasteiger partial charge in [0.25, 0.3) is 0 Å². The summed E-state index contributed by atoms with van der Waals surface area (Å²) in [5, 5.41) is 13.5. The van der Waals surface area contributed by atoms with Gasteiger partial charge in [-0.1, -0.05) is 11.6 Å². The molecule has 1 amide bonds. The highest BCUT2D eigenvalue weighted by Gasteiger charge is 2.21. The van der Waals surface area contributed by atoms with Crippen molar-refractivity contribution in [3.8, 4) is 5.75 Å². The summed E-state index contributed by atoms with van der Waals surface area (Å²) in [5.41, 5.74) is 2.21. The second kappa shape index (κ2) is 9.39. The quantitative estimate of drug-likeness (QED) is 0.702. The molecule has 1 aliphatic rings. The van der Waals surface area contributed by atoms with Crippen LogP contribution in [0.4, 0.5) is 10.1 Å². The van der Waals surface area contributed by atoms with Gasteiger partial charge in [-0.15, -0.1) is 0 Å². The number of phenols is 1. The molecule has 0 radical (unpaired) electrons. The van der Waals surface area contributed by atoms with E-state index < -0.39 is 0 Å². The number of halogens is 2. The van der Waals surface area contributed by atoms with E-state index in [4.69, 9.17) is 11.6 Å². The fourth-order valence-corrected chi connectivity index (χ4v) is 3.96. The number of carbonyl (C=O) groups excluding carboxylic acids is 1. The van der Waals surface area contributed by atoms with Gasteiger partial charge >= 0.3 is 0 Å². The van der Waals surface area contributed by atoms with Crippen molar-refractivity contribution in [1.29, 1.82) is 0 Å². The molecule has 1 fully saturated rings. The van der Waals surface area contributed by atoms with Crippen LogP contribution in [0.3, 0.4) is 0 Å². The maximum atomic E-state index is 13.2. The Bertz CT molecular complexity index is 843. The average molecular weight is 405 g/mol. The summed E-state index contributed by atoms with van der Waals surface area (Å²) in [6.07, 6.45) is 3.42. The first-order valence-electron chi connectivity index (χ1n) is 9.66. The lowest BCUT2D eigenvalue weighted by Crippen LogP contribution is -2.35. The molecule has 0 aromatic heterocycles. The van der Waals surface area contributed by atoms with Crippen LogP contribution in [0.5, 0.6) is 5.75 Å². The predicted molar refractivity (Wildman–Crippen MR) is 110 cm³/mol. The number of aryl methyl sites for hydroxylation is 1. The second-order valence-corrected chi connectivity index (χ2v) is 8.00. The van der Waals surface area contributed by atoms with Gasteiger partial charge < -0.3 is 10.4 Å². The minimum absolute atomic E-state index is 0.0423. The molecule has 0 bridgehead atoms. The van der Waals surface area contributed by atoms with Crippen LogP contribution in [-0.4, -0.2) is 29.0 Å². The van der Waals surface area contributed by atoms with Crippen LogP contribution in [0.1, 0.15) is 36.8 Å². The van der Waals surface area contributed by atoms with Crippen LogP contribution < -0.4 is 5.32 Å². The van der Waals surface area contributed by atoms with Gasteiger partial charge in [-0.3, -0.25) is 9.69 Å². The minimum Gasteiger partial charge on any atom is -0.508 e. The van der Waals surface area contributed by atoms with Gasteiger partial charge in [-0.05, 0) is 80.6 Å². The van der Waals surface area contributed by atoms with Crippen molar-refractivity contribution in [3.05, 3.63) is 58.4 Å². The number of nitrogens with zero attached hydrogens (tertiary/aromatic N) is 1. The maximum absolute atomic E-state index is 13.2. The summed E-state index contributed by atoms with van der Waals surface area (Å²) in [6.45, 7) is 4.31. The Morgan fingerprint density at radius 3 is 2.93 bits per heavy atom. The third-order valence-electron chi connectivity index (χ3n) is 5.28. The number of hydrogen-bond donors (Lipinski definition) is 2. The van der Waals surface area contributed by atoms with Crippen LogP contribution in [0, 0.1) is 18.7 Å². The summed E-state index contributed by atoms with van der Waals surface area (Å²) in [6, 6.07) is 9.48. The first kappa shape index (κ1) is 20.6. The zero-order valence-electron chi connectivity index (χ0n) is 16.0. The summed E-state index contributed by atoms with van der Waals surface area (Å²) in [4.78, 5) is 14.6. The van der Waals surface area contributed by atoms with E-state index in [9.17, 15) is 14.3 Å². The number of anilines is 1. The molecule has 1 atom stereocenters. The van der Waals surface area contributed by atoms with E-state index in [1.807, 2.05) is 0 Å². The lowest BCUT2D eigenvalue weighted by Gasteiger charge is -2.33. The Hall–Kier alpha value is -2.11. The number of phenolic OH excluding ortho intramolecular Hbond substituents is 1. The van der Waals surface area contributed by atoms with Gasteiger partial charge in [0.2, 0.25) is 5.91 Å². The van der Waals surface area contributed by atoms with Gasteiger partial charge in [0.05, 0.1) is 0 Å². The largest absolute Gasteiger partial charge is 0.508 e. The van der Waals surface area contributed by atoms with Crippen molar-refractivity contribution in [2.75, 3.05) is 18.4 Å². The maximum Gasteiger partial charge on any atom is 0.224 e. The fraction of sp³-hybridized carbons (Fsp3) is 0.409. The summed E-state index contributed by atoms with van der Waals surface area (Å²) in [5.74, 6) is 0.360. The molecule has 0 unspecified atom stereocenters. The van der Waals surface area contributed by atoms with Crippen molar-refractivity contribution in [3.63, 3.8) is 0 Å². The third-order valence-corrected chi connectivity index (χ3v) is 5.52. The molecule has 0 saturated carbocycles. The molecule has 1 heterocycles. The van der Waals surface area contributed by atoms with Crippen molar-refractivity contribution >= 4 is 23.2 Å². The second-order valence-electron chi connectivity index (χ2n) is 7.56. The van der Waals surface area contributed by atoms with E-state index in [0.717, 1.165) is 43.5 Å². The number of amides is 1. The average Bonchev–Trinajstić information content (AvgIpc) is 2.66. The summed E-state index contributed by atoms with van der Waals surface area (Å²) in [7, 11) is 0. The highest BCUT2D eigenvalue weighted by molar-refractivity contribution is 6.30. The monoisotopic (exact) mass is 404 g/mol. The number of benzene rings is 2. The minimum atomic E-state index is -0.302. The van der Waals surface area contributed by atoms with Crippen molar-refractivity contribution < 1.29 is 14.3 Å². The number of likely N-dealkylation sites (tertiary alicyclic amines) is 1. The van der Waals surface area contributed by atoms with E-state index in [1.54, 1.807) is 31.2 Å². The molecule has 150 valence electrons. The molecular formula is C22H26ClFN2O2. The summed E-state index contributed by atoms with van der Waals surface area (Å²) < 4.78 is 13.2. The molecule has 1 aliphatic heterocycles. The zero-order chi connectivity index (χ0) is 20.1. The van der Waals surface area contributed by atoms with Crippen LogP contribution in [0.25, 0.3) is 0 Å². The third kappa shape index (κ3) is 5.69. The van der Waals surface area contributed by atoms with E-state index in [0.29, 0.717) is 29.6 Å². The highest BCUT2D eigenvalue weighted by atomic mass is 35.5. The molecule has 2 aromatic carbocycles. The molecule has 0 aliphatic carbocycles. The van der Waals surface area contributed by atoms with Crippen LogP contribution in [-0.2, 0) is 11.3 Å². The first-order valence-corrected chi connectivity index (χ1v) is 10.0. The normalized spacial score (nSPS) is 17.5. The molecular weight excluding hydrogens is 379 g/mol. The van der Waals surface area contributed by atoms with E-state index in [1.165, 1.54) is 12.1 Å². The molecule has 3 rings (SSSR count). The lowest BCUT2D eigenvalue weighted by molar-refractivity contribution is -0.116. The number of aromatic hydroxyl groups is 1. The Balaban J connectivity index is 1.49. The lowest BCUT2D eigenvalue weighted by atomic mass is 9.93. The molecule has 0 spiro atoms. The van der Waals surface area contributed by atoms with Crippen molar-refractivity contribution in [2.45, 2.75) is 39.2 Å². The number of piperidine rings is 1. The van der Waals surface area contributed by atoms with Crippen LogP contribution in [0.2, 0.25) is 5.02 Å². The van der Waals surface area contributed by atoms with Gasteiger partial charge in [0.1, 0.15) is 11.6 Å². The number of nitrogens with one attached hydrogen (secondary N) is 1. The van der Waals surface area contributed by atoms with Gasteiger partial charge in [-0.25, -0.2) is 4.39 Å². The molecule has 28 heavy (non-hydrogen) atoms. The zero-order valence-corrected chi connectivity index (χ0v) is 16.8. The number of rotatable bonds is 6. The SMILES string of the molecule is Cc1cc(F)ccc1NC(=O)CC[C@H]1CCCN(Cc2cc(Cl)ccc2O)C1. The van der Waals surface area contributed by atoms with Gasteiger partial charge in [0.15, 0.2) is 0 Å². The summed E-state index contributed by atoms with van der Waals surface area (Å²) >= 11 is 6.04. The van der Waals surface area contributed by atoms with E-state index >= 15 is 0 Å². The predicted octanol–water partition coefficient (Wildman–Crippen LogP) is 5.12. The first-order chi connectivity index (χ1) is 13.4. The van der Waals surface area contributed by atoms with E-state index in [2.05, 4.69) is 10.2 Å². The fourth-order valence-electron chi connectivity index (χ4n) is 3.77. The van der Waals surface area contributed by atoms with Crippen molar-refractivity contribution in [2.24, 2.45) is 5.92 Å². The number of carbonyl (C=O) groups is 1. The Kier molecular flexibility index (Phi) is 6.92. The molecule has 1 saturated heterocycles. The van der Waals surface area contributed by atoms with E-state index in [-0.39, 0.29) is 17.5 Å². The molecule has 2 N–H and O–H groups in total. The van der Waals surface area contributed by atoms with Crippen LogP contribution >= 0.6 is 11.6 Å². The number of hydrogen-bond acceptors (Lipinski definition) is 3. The molecule has 4 nitrogen and oxygen atoms in total. The molecule has 6 heteroatoms. The smallest absolute Gasteiger partial charge is 0.224 e. The Morgan fingerprint density at radius 1 is 1.32 bits per heavy atom.